The van der Waals surface area contributed by atoms with Crippen LogP contribution in [-0.4, -0.2) is 36.9 Å². The predicted molar refractivity (Wildman–Crippen MR) is 119 cm³/mol. The molecule has 0 fully saturated rings. The number of aromatic nitrogens is 4. The number of benzene rings is 2. The fourth-order valence-electron chi connectivity index (χ4n) is 2.94. The maximum Gasteiger partial charge on any atom is 0.321 e. The monoisotopic (exact) mass is 450 g/mol. The Hall–Kier alpha value is -3.79. The Morgan fingerprint density at radius 1 is 1.09 bits per heavy atom. The van der Waals surface area contributed by atoms with Gasteiger partial charge >= 0.3 is 6.03 Å². The van der Waals surface area contributed by atoms with Crippen molar-refractivity contribution in [3.8, 4) is 5.69 Å². The van der Waals surface area contributed by atoms with Gasteiger partial charge in [0.05, 0.1) is 22.5 Å². The summed E-state index contributed by atoms with van der Waals surface area (Å²) in [6, 6.07) is 14.7. The highest BCUT2D eigenvalue weighted by molar-refractivity contribution is 8.00. The summed E-state index contributed by atoms with van der Waals surface area (Å²) in [5.41, 5.74) is 2.11. The lowest BCUT2D eigenvalue weighted by atomic mass is 10.2. The molecule has 2 N–H and O–H groups in total. The Bertz CT molecular complexity index is 1250. The molecule has 0 aliphatic carbocycles. The highest BCUT2D eigenvalue weighted by Crippen LogP contribution is 2.28. The number of nitrogens with zero attached hydrogens (tertiary/aromatic N) is 4. The Labute approximate surface area is 187 Å². The van der Waals surface area contributed by atoms with Crippen molar-refractivity contribution >= 4 is 34.7 Å². The van der Waals surface area contributed by atoms with Crippen molar-refractivity contribution < 1.29 is 14.0 Å². The fourth-order valence-corrected chi connectivity index (χ4v) is 3.82. The zero-order chi connectivity index (χ0) is 22.5. The number of rotatable bonds is 6. The summed E-state index contributed by atoms with van der Waals surface area (Å²) in [7, 11) is 0. The van der Waals surface area contributed by atoms with Crippen molar-refractivity contribution in [1.82, 2.24) is 30.4 Å². The SMILES string of the molecule is CC(Sc1ncnc2c1cnn2-c1ccc(F)cc1)C(=O)NC(=O)NCc1ccccc1. The average Bonchev–Trinajstić information content (AvgIpc) is 3.24. The van der Waals surface area contributed by atoms with Gasteiger partial charge in [-0.05, 0) is 36.8 Å². The number of hydrogen-bond donors (Lipinski definition) is 2. The van der Waals surface area contributed by atoms with Crippen LogP contribution in [0.1, 0.15) is 12.5 Å². The van der Waals surface area contributed by atoms with Crippen LogP contribution in [0.5, 0.6) is 0 Å². The molecule has 3 amide bonds. The second-order valence-electron chi connectivity index (χ2n) is 6.87. The lowest BCUT2D eigenvalue weighted by molar-refractivity contribution is -0.119. The summed E-state index contributed by atoms with van der Waals surface area (Å²) in [4.78, 5) is 33.1. The first-order valence-electron chi connectivity index (χ1n) is 9.75. The van der Waals surface area contributed by atoms with E-state index < -0.39 is 17.2 Å². The van der Waals surface area contributed by atoms with Gasteiger partial charge in [0, 0.05) is 6.54 Å². The molecule has 2 aromatic carbocycles. The van der Waals surface area contributed by atoms with Crippen molar-refractivity contribution in [2.45, 2.75) is 23.7 Å². The standard InChI is InChI=1S/C22H19FN6O2S/c1-14(20(30)28-22(31)24-11-15-5-3-2-4-6-15)32-21-18-12-27-29(19(18)25-13-26-21)17-9-7-16(23)8-10-17/h2-10,12-14H,11H2,1H3,(H2,24,28,30,31). The minimum absolute atomic E-state index is 0.316. The summed E-state index contributed by atoms with van der Waals surface area (Å²) in [6.07, 6.45) is 2.97. The molecule has 8 nitrogen and oxygen atoms in total. The van der Waals surface area contributed by atoms with Crippen LogP contribution < -0.4 is 10.6 Å². The Morgan fingerprint density at radius 3 is 2.59 bits per heavy atom. The summed E-state index contributed by atoms with van der Waals surface area (Å²) < 4.78 is 14.8. The van der Waals surface area contributed by atoms with E-state index >= 15 is 0 Å². The number of halogens is 1. The number of nitrogens with one attached hydrogen (secondary N) is 2. The Balaban J connectivity index is 1.42. The molecule has 0 bridgehead atoms. The first-order chi connectivity index (χ1) is 15.5. The molecule has 0 saturated carbocycles. The number of fused-ring (bicyclic) bond motifs is 1. The quantitative estimate of drug-likeness (QED) is 0.345. The predicted octanol–water partition coefficient (Wildman–Crippen LogP) is 3.46. The molecule has 0 aliphatic heterocycles. The molecule has 2 aromatic heterocycles. The van der Waals surface area contributed by atoms with Crippen LogP contribution in [0.15, 0.2) is 72.1 Å². The van der Waals surface area contributed by atoms with Gasteiger partial charge in [0.2, 0.25) is 5.91 Å². The van der Waals surface area contributed by atoms with Gasteiger partial charge in [-0.15, -0.1) is 0 Å². The lowest BCUT2D eigenvalue weighted by Gasteiger charge is -2.12. The maximum atomic E-state index is 13.2. The van der Waals surface area contributed by atoms with Gasteiger partial charge in [-0.25, -0.2) is 23.8 Å². The molecule has 162 valence electrons. The highest BCUT2D eigenvalue weighted by Gasteiger charge is 2.20. The zero-order valence-electron chi connectivity index (χ0n) is 17.0. The van der Waals surface area contributed by atoms with Gasteiger partial charge in [0.25, 0.3) is 0 Å². The number of urea groups is 1. The minimum Gasteiger partial charge on any atom is -0.334 e. The summed E-state index contributed by atoms with van der Waals surface area (Å²) in [6.45, 7) is 2.00. The summed E-state index contributed by atoms with van der Waals surface area (Å²) in [5.74, 6) is -0.790. The minimum atomic E-state index is -0.593. The van der Waals surface area contributed by atoms with Crippen molar-refractivity contribution in [1.29, 1.82) is 0 Å². The van der Waals surface area contributed by atoms with Crippen LogP contribution in [0, 0.1) is 5.82 Å². The lowest BCUT2D eigenvalue weighted by Crippen LogP contribution is -2.42. The van der Waals surface area contributed by atoms with E-state index in [-0.39, 0.29) is 5.82 Å². The van der Waals surface area contributed by atoms with E-state index in [4.69, 9.17) is 0 Å². The number of carbonyl (C=O) groups excluding carboxylic acids is 2. The van der Waals surface area contributed by atoms with Gasteiger partial charge in [-0.2, -0.15) is 5.10 Å². The smallest absolute Gasteiger partial charge is 0.321 e. The van der Waals surface area contributed by atoms with Crippen LogP contribution in [0.2, 0.25) is 0 Å². The molecule has 0 saturated heterocycles. The topological polar surface area (TPSA) is 102 Å². The van der Waals surface area contributed by atoms with Gasteiger partial charge in [0.15, 0.2) is 5.65 Å². The van der Waals surface area contributed by atoms with E-state index in [9.17, 15) is 14.0 Å². The zero-order valence-corrected chi connectivity index (χ0v) is 17.8. The molecular formula is C22H19FN6O2S. The van der Waals surface area contributed by atoms with Crippen LogP contribution in [0.4, 0.5) is 9.18 Å². The third-order valence-corrected chi connectivity index (χ3v) is 5.71. The van der Waals surface area contributed by atoms with E-state index in [2.05, 4.69) is 25.7 Å². The van der Waals surface area contributed by atoms with E-state index in [0.717, 1.165) is 5.56 Å². The molecule has 32 heavy (non-hydrogen) atoms. The highest BCUT2D eigenvalue weighted by atomic mass is 32.2. The number of carbonyl (C=O) groups is 2. The van der Waals surface area contributed by atoms with Gasteiger partial charge in [-0.1, -0.05) is 42.1 Å². The van der Waals surface area contributed by atoms with Gasteiger partial charge < -0.3 is 5.32 Å². The van der Waals surface area contributed by atoms with E-state index in [1.54, 1.807) is 29.9 Å². The molecule has 0 radical (unpaired) electrons. The second kappa shape index (κ2) is 9.56. The molecule has 1 unspecified atom stereocenters. The maximum absolute atomic E-state index is 13.2. The molecule has 4 aromatic rings. The Morgan fingerprint density at radius 2 is 1.84 bits per heavy atom. The molecule has 2 heterocycles. The number of hydrogen-bond acceptors (Lipinski definition) is 6. The number of thioether (sulfide) groups is 1. The summed E-state index contributed by atoms with van der Waals surface area (Å²) >= 11 is 1.19. The van der Waals surface area contributed by atoms with Crippen molar-refractivity contribution in [3.05, 3.63) is 78.5 Å². The fraction of sp³-hybridized carbons (Fsp3) is 0.136. The van der Waals surface area contributed by atoms with Gasteiger partial charge in [-0.3, -0.25) is 10.1 Å². The normalized spacial score (nSPS) is 11.8. The number of amides is 3. The van der Waals surface area contributed by atoms with Crippen LogP contribution in [-0.2, 0) is 11.3 Å². The van der Waals surface area contributed by atoms with E-state index in [0.29, 0.717) is 28.3 Å². The molecule has 1 atom stereocenters. The largest absolute Gasteiger partial charge is 0.334 e. The molecule has 10 heteroatoms. The van der Waals surface area contributed by atoms with Crippen molar-refractivity contribution in [2.24, 2.45) is 0 Å². The van der Waals surface area contributed by atoms with E-state index in [1.165, 1.54) is 30.2 Å². The molecule has 0 spiro atoms. The Kier molecular flexibility index (Phi) is 6.41. The third kappa shape index (κ3) is 4.92. The molecule has 0 aliphatic rings. The van der Waals surface area contributed by atoms with Crippen LogP contribution >= 0.6 is 11.8 Å². The average molecular weight is 450 g/mol. The van der Waals surface area contributed by atoms with E-state index in [1.807, 2.05) is 30.3 Å². The van der Waals surface area contributed by atoms with Gasteiger partial charge in [0.1, 0.15) is 17.2 Å². The van der Waals surface area contributed by atoms with Crippen LogP contribution in [0.3, 0.4) is 0 Å². The van der Waals surface area contributed by atoms with Crippen LogP contribution in [0.25, 0.3) is 16.7 Å². The number of imide groups is 1. The second-order valence-corrected chi connectivity index (χ2v) is 8.20. The summed E-state index contributed by atoms with van der Waals surface area (Å²) in [5, 5.41) is 9.93. The first kappa shape index (κ1) is 21.4. The van der Waals surface area contributed by atoms with Crippen molar-refractivity contribution in [2.75, 3.05) is 0 Å². The molecular weight excluding hydrogens is 431 g/mol. The third-order valence-electron chi connectivity index (χ3n) is 4.59. The first-order valence-corrected chi connectivity index (χ1v) is 10.6. The molecule has 4 rings (SSSR count). The van der Waals surface area contributed by atoms with Crippen molar-refractivity contribution in [3.63, 3.8) is 0 Å².